The van der Waals surface area contributed by atoms with Gasteiger partial charge in [-0.05, 0) is 38.2 Å². The number of nitrogens with two attached hydrogens (primary N) is 1. The molecule has 3 nitrogen and oxygen atoms in total. The molecule has 90 valence electrons. The van der Waals surface area contributed by atoms with Gasteiger partial charge in [0.25, 0.3) is 0 Å². The van der Waals surface area contributed by atoms with E-state index in [4.69, 9.17) is 5.73 Å². The minimum absolute atomic E-state index is 0.285. The molecule has 1 aliphatic carbocycles. The monoisotopic (exact) mass is 221 g/mol. The van der Waals surface area contributed by atoms with Gasteiger partial charge in [0.15, 0.2) is 0 Å². The van der Waals surface area contributed by atoms with Gasteiger partial charge < -0.3 is 5.73 Å². The molecule has 1 aromatic heterocycles. The number of aryl methyl sites for hydroxylation is 1. The maximum Gasteiger partial charge on any atom is 0.0672 e. The van der Waals surface area contributed by atoms with Crippen LogP contribution in [0, 0.1) is 12.8 Å². The van der Waals surface area contributed by atoms with Crippen LogP contribution in [0.2, 0.25) is 0 Å². The first-order chi connectivity index (χ1) is 7.70. The van der Waals surface area contributed by atoms with Crippen molar-refractivity contribution in [1.82, 2.24) is 9.78 Å². The third kappa shape index (κ3) is 2.46. The lowest BCUT2D eigenvalue weighted by atomic mass is 9.80. The van der Waals surface area contributed by atoms with Crippen molar-refractivity contribution in [3.05, 3.63) is 18.0 Å². The molecule has 0 saturated heterocycles. The van der Waals surface area contributed by atoms with Gasteiger partial charge in [0.05, 0.1) is 11.7 Å². The Morgan fingerprint density at radius 2 is 2.31 bits per heavy atom. The summed E-state index contributed by atoms with van der Waals surface area (Å²) in [6.45, 7) is 4.30. The first kappa shape index (κ1) is 11.6. The minimum Gasteiger partial charge on any atom is -0.326 e. The summed E-state index contributed by atoms with van der Waals surface area (Å²) in [5, 5.41) is 4.52. The van der Waals surface area contributed by atoms with Crippen LogP contribution >= 0.6 is 0 Å². The van der Waals surface area contributed by atoms with Gasteiger partial charge in [-0.1, -0.05) is 19.8 Å². The normalized spacial score (nSPS) is 30.6. The van der Waals surface area contributed by atoms with E-state index in [0.717, 1.165) is 18.0 Å². The number of aromatic nitrogens is 2. The lowest BCUT2D eigenvalue weighted by Gasteiger charge is -2.34. The molecular formula is C13H23N3. The first-order valence-electron chi connectivity index (χ1n) is 6.48. The van der Waals surface area contributed by atoms with Crippen LogP contribution in [0.1, 0.15) is 50.8 Å². The summed E-state index contributed by atoms with van der Waals surface area (Å²) in [4.78, 5) is 0. The molecular weight excluding hydrogens is 198 g/mol. The van der Waals surface area contributed by atoms with Gasteiger partial charge in [-0.2, -0.15) is 5.10 Å². The van der Waals surface area contributed by atoms with E-state index in [9.17, 15) is 0 Å². The number of hydrogen-bond donors (Lipinski definition) is 1. The summed E-state index contributed by atoms with van der Waals surface area (Å²) in [7, 11) is 0. The van der Waals surface area contributed by atoms with Gasteiger partial charge in [0, 0.05) is 12.2 Å². The van der Waals surface area contributed by atoms with Crippen molar-refractivity contribution in [3.8, 4) is 0 Å². The summed E-state index contributed by atoms with van der Waals surface area (Å²) in [5.41, 5.74) is 7.31. The van der Waals surface area contributed by atoms with Crippen LogP contribution in [-0.4, -0.2) is 15.8 Å². The second kappa shape index (κ2) is 5.00. The number of hydrogen-bond acceptors (Lipinski definition) is 2. The molecule has 1 saturated carbocycles. The Labute approximate surface area is 98.0 Å². The van der Waals surface area contributed by atoms with E-state index < -0.39 is 0 Å². The molecule has 0 spiro atoms. The van der Waals surface area contributed by atoms with E-state index in [1.165, 1.54) is 25.7 Å². The molecule has 0 radical (unpaired) electrons. The lowest BCUT2D eigenvalue weighted by Crippen LogP contribution is -2.38. The van der Waals surface area contributed by atoms with Gasteiger partial charge in [-0.3, -0.25) is 4.68 Å². The highest BCUT2D eigenvalue weighted by Gasteiger charge is 2.29. The van der Waals surface area contributed by atoms with Crippen molar-refractivity contribution in [2.75, 3.05) is 0 Å². The van der Waals surface area contributed by atoms with E-state index in [1.807, 2.05) is 6.92 Å². The van der Waals surface area contributed by atoms with Crippen LogP contribution in [0.25, 0.3) is 0 Å². The maximum absolute atomic E-state index is 6.22. The zero-order chi connectivity index (χ0) is 11.5. The molecule has 1 aliphatic rings. The molecule has 1 heterocycles. The average molecular weight is 221 g/mol. The summed E-state index contributed by atoms with van der Waals surface area (Å²) in [5.74, 6) is 0.847. The van der Waals surface area contributed by atoms with Crippen LogP contribution in [0.4, 0.5) is 0 Å². The smallest absolute Gasteiger partial charge is 0.0672 e. The van der Waals surface area contributed by atoms with Crippen LogP contribution in [0.5, 0.6) is 0 Å². The van der Waals surface area contributed by atoms with Crippen molar-refractivity contribution in [1.29, 1.82) is 0 Å². The average Bonchev–Trinajstić information content (AvgIpc) is 2.68. The van der Waals surface area contributed by atoms with Crippen molar-refractivity contribution < 1.29 is 0 Å². The van der Waals surface area contributed by atoms with Gasteiger partial charge >= 0.3 is 0 Å². The zero-order valence-electron chi connectivity index (χ0n) is 10.4. The highest BCUT2D eigenvalue weighted by Crippen LogP contribution is 2.33. The van der Waals surface area contributed by atoms with Crippen molar-refractivity contribution in [3.63, 3.8) is 0 Å². The molecule has 1 aromatic rings. The van der Waals surface area contributed by atoms with Crippen molar-refractivity contribution >= 4 is 0 Å². The highest BCUT2D eigenvalue weighted by atomic mass is 15.3. The maximum atomic E-state index is 6.22. The molecule has 3 atom stereocenters. The van der Waals surface area contributed by atoms with Crippen LogP contribution in [0.15, 0.2) is 12.3 Å². The summed E-state index contributed by atoms with van der Waals surface area (Å²) in [6, 6.07) is 2.77. The Balaban J connectivity index is 2.06. The van der Waals surface area contributed by atoms with E-state index >= 15 is 0 Å². The van der Waals surface area contributed by atoms with Crippen LogP contribution < -0.4 is 5.73 Å². The molecule has 2 N–H and O–H groups in total. The standard InChI is InChI=1S/C13H23N3/c1-3-4-11-5-6-12(14)13(9-11)16-8-7-10(2)15-16/h7-8,11-13H,3-6,9,14H2,1-2H3. The summed E-state index contributed by atoms with van der Waals surface area (Å²) < 4.78 is 2.09. The SMILES string of the molecule is CCCC1CCC(N)C(n2ccc(C)n2)C1. The Bertz CT molecular complexity index is 332. The van der Waals surface area contributed by atoms with E-state index in [1.54, 1.807) is 0 Å². The fourth-order valence-corrected chi connectivity index (χ4v) is 2.85. The van der Waals surface area contributed by atoms with Gasteiger partial charge in [-0.25, -0.2) is 0 Å². The topological polar surface area (TPSA) is 43.8 Å². The Morgan fingerprint density at radius 1 is 1.50 bits per heavy atom. The molecule has 0 aromatic carbocycles. The van der Waals surface area contributed by atoms with E-state index in [-0.39, 0.29) is 6.04 Å². The quantitative estimate of drug-likeness (QED) is 0.852. The lowest BCUT2D eigenvalue weighted by molar-refractivity contribution is 0.212. The summed E-state index contributed by atoms with van der Waals surface area (Å²) >= 11 is 0. The third-order valence-electron chi connectivity index (χ3n) is 3.76. The second-order valence-electron chi connectivity index (χ2n) is 5.14. The van der Waals surface area contributed by atoms with Crippen LogP contribution in [0.3, 0.4) is 0 Å². The first-order valence-corrected chi connectivity index (χ1v) is 6.48. The van der Waals surface area contributed by atoms with Gasteiger partial charge in [0.2, 0.25) is 0 Å². The van der Waals surface area contributed by atoms with Crippen molar-refractivity contribution in [2.24, 2.45) is 11.7 Å². The predicted molar refractivity (Wildman–Crippen MR) is 66.2 cm³/mol. The van der Waals surface area contributed by atoms with E-state index in [2.05, 4.69) is 29.0 Å². The molecule has 3 unspecified atom stereocenters. The molecule has 2 rings (SSSR count). The predicted octanol–water partition coefficient (Wildman–Crippen LogP) is 2.66. The number of nitrogens with zero attached hydrogens (tertiary/aromatic N) is 2. The van der Waals surface area contributed by atoms with Crippen molar-refractivity contribution in [2.45, 2.75) is 58.0 Å². The Morgan fingerprint density at radius 3 is 2.94 bits per heavy atom. The molecule has 3 heteroatoms. The largest absolute Gasteiger partial charge is 0.326 e. The molecule has 1 fully saturated rings. The molecule has 0 amide bonds. The molecule has 16 heavy (non-hydrogen) atoms. The fraction of sp³-hybridized carbons (Fsp3) is 0.769. The third-order valence-corrected chi connectivity index (χ3v) is 3.76. The molecule has 0 bridgehead atoms. The molecule has 0 aliphatic heterocycles. The van der Waals surface area contributed by atoms with Crippen LogP contribution in [-0.2, 0) is 0 Å². The highest BCUT2D eigenvalue weighted by molar-refractivity contribution is 4.98. The Hall–Kier alpha value is -0.830. The van der Waals surface area contributed by atoms with Gasteiger partial charge in [0.1, 0.15) is 0 Å². The minimum atomic E-state index is 0.285. The second-order valence-corrected chi connectivity index (χ2v) is 5.14. The zero-order valence-corrected chi connectivity index (χ0v) is 10.4. The summed E-state index contributed by atoms with van der Waals surface area (Å²) in [6.07, 6.45) is 8.35. The van der Waals surface area contributed by atoms with E-state index in [0.29, 0.717) is 6.04 Å². The number of rotatable bonds is 3. The van der Waals surface area contributed by atoms with Gasteiger partial charge in [-0.15, -0.1) is 0 Å². The fourth-order valence-electron chi connectivity index (χ4n) is 2.85. The Kier molecular flexibility index (Phi) is 3.64.